The monoisotopic (exact) mass is 348 g/mol. The van der Waals surface area contributed by atoms with Gasteiger partial charge in [0.15, 0.2) is 0 Å². The standard InChI is InChI=1S/C15H16N4O4S/c16-9-3-1-8(2-4-9)14-18-10(7-24-14)5-13(21)19-11(15(22)23)6-12(17)20/h1-4,7,11H,5-6,16H2,(H2,17,20)(H,19,21)(H,22,23). The van der Waals surface area contributed by atoms with Crippen LogP contribution in [0.3, 0.4) is 0 Å². The molecule has 1 unspecified atom stereocenters. The van der Waals surface area contributed by atoms with E-state index in [1.165, 1.54) is 11.3 Å². The first-order chi connectivity index (χ1) is 11.3. The molecule has 2 rings (SSSR count). The highest BCUT2D eigenvalue weighted by atomic mass is 32.1. The number of nitrogens with two attached hydrogens (primary N) is 2. The van der Waals surface area contributed by atoms with Crippen LogP contribution in [0.2, 0.25) is 0 Å². The molecule has 1 atom stereocenters. The van der Waals surface area contributed by atoms with Crippen LogP contribution in [0, 0.1) is 0 Å². The predicted octanol–water partition coefficient (Wildman–Crippen LogP) is 0.380. The molecule has 0 radical (unpaired) electrons. The average molecular weight is 348 g/mol. The van der Waals surface area contributed by atoms with Gasteiger partial charge in [-0.3, -0.25) is 9.59 Å². The first-order valence-corrected chi connectivity index (χ1v) is 7.84. The number of hydrogen-bond acceptors (Lipinski definition) is 6. The summed E-state index contributed by atoms with van der Waals surface area (Å²) in [5.41, 5.74) is 12.6. The first-order valence-electron chi connectivity index (χ1n) is 6.96. The molecule has 1 aromatic carbocycles. The third kappa shape index (κ3) is 4.78. The van der Waals surface area contributed by atoms with Crippen molar-refractivity contribution in [3.05, 3.63) is 35.3 Å². The lowest BCUT2D eigenvalue weighted by Crippen LogP contribution is -2.43. The Morgan fingerprint density at radius 2 is 1.92 bits per heavy atom. The molecule has 0 spiro atoms. The molecule has 9 heteroatoms. The Kier molecular flexibility index (Phi) is 5.48. The minimum absolute atomic E-state index is 0.0893. The summed E-state index contributed by atoms with van der Waals surface area (Å²) in [6.07, 6.45) is -0.553. The summed E-state index contributed by atoms with van der Waals surface area (Å²) in [7, 11) is 0. The number of nitrogens with zero attached hydrogens (tertiary/aromatic N) is 1. The molecule has 2 amide bonds. The molecular formula is C15H16N4O4S. The van der Waals surface area contributed by atoms with Crippen molar-refractivity contribution in [3.63, 3.8) is 0 Å². The SMILES string of the molecule is NC(=O)CC(NC(=O)Cc1csc(-c2ccc(N)cc2)n1)C(=O)O. The summed E-state index contributed by atoms with van der Waals surface area (Å²) in [5.74, 6) is -2.66. The average Bonchev–Trinajstić information content (AvgIpc) is 2.95. The molecule has 0 aliphatic carbocycles. The highest BCUT2D eigenvalue weighted by molar-refractivity contribution is 7.13. The van der Waals surface area contributed by atoms with Crippen LogP contribution < -0.4 is 16.8 Å². The van der Waals surface area contributed by atoms with Gasteiger partial charge in [-0.15, -0.1) is 11.3 Å². The van der Waals surface area contributed by atoms with E-state index in [4.69, 9.17) is 16.6 Å². The van der Waals surface area contributed by atoms with Gasteiger partial charge in [-0.25, -0.2) is 9.78 Å². The van der Waals surface area contributed by atoms with E-state index < -0.39 is 30.2 Å². The summed E-state index contributed by atoms with van der Waals surface area (Å²) >= 11 is 1.36. The van der Waals surface area contributed by atoms with Crippen molar-refractivity contribution in [3.8, 4) is 10.6 Å². The predicted molar refractivity (Wildman–Crippen MR) is 89.0 cm³/mol. The zero-order valence-electron chi connectivity index (χ0n) is 12.6. The fourth-order valence-corrected chi connectivity index (χ4v) is 2.78. The van der Waals surface area contributed by atoms with E-state index >= 15 is 0 Å². The molecule has 126 valence electrons. The van der Waals surface area contributed by atoms with Crippen molar-refractivity contribution in [1.82, 2.24) is 10.3 Å². The Labute approximate surface area is 141 Å². The molecule has 2 aromatic rings. The second-order valence-corrected chi connectivity index (χ2v) is 5.93. The lowest BCUT2D eigenvalue weighted by molar-refractivity contribution is -0.143. The van der Waals surface area contributed by atoms with Crippen molar-refractivity contribution >= 4 is 34.8 Å². The summed E-state index contributed by atoms with van der Waals surface area (Å²) in [5, 5.41) is 13.7. The molecule has 1 aromatic heterocycles. The van der Waals surface area contributed by atoms with E-state index in [-0.39, 0.29) is 6.42 Å². The van der Waals surface area contributed by atoms with Gasteiger partial charge in [0, 0.05) is 16.6 Å². The van der Waals surface area contributed by atoms with E-state index in [0.29, 0.717) is 11.4 Å². The highest BCUT2D eigenvalue weighted by Crippen LogP contribution is 2.24. The number of thiazole rings is 1. The molecule has 0 aliphatic rings. The highest BCUT2D eigenvalue weighted by Gasteiger charge is 2.22. The van der Waals surface area contributed by atoms with Crippen molar-refractivity contribution in [2.24, 2.45) is 5.73 Å². The molecule has 8 nitrogen and oxygen atoms in total. The Morgan fingerprint density at radius 1 is 1.25 bits per heavy atom. The van der Waals surface area contributed by atoms with Gasteiger partial charge in [0.05, 0.1) is 18.5 Å². The van der Waals surface area contributed by atoms with E-state index in [1.807, 2.05) is 12.1 Å². The van der Waals surface area contributed by atoms with Crippen LogP contribution in [0.4, 0.5) is 5.69 Å². The molecule has 6 N–H and O–H groups in total. The molecule has 0 saturated carbocycles. The number of carbonyl (C=O) groups is 3. The Hall–Kier alpha value is -2.94. The maximum Gasteiger partial charge on any atom is 0.326 e. The van der Waals surface area contributed by atoms with E-state index in [1.54, 1.807) is 17.5 Å². The second-order valence-electron chi connectivity index (χ2n) is 5.07. The van der Waals surface area contributed by atoms with Crippen LogP contribution in [0.5, 0.6) is 0 Å². The number of aromatic nitrogens is 1. The van der Waals surface area contributed by atoms with Crippen molar-refractivity contribution in [2.45, 2.75) is 18.9 Å². The van der Waals surface area contributed by atoms with Gasteiger partial charge < -0.3 is 21.9 Å². The number of nitrogens with one attached hydrogen (secondary N) is 1. The molecule has 0 saturated heterocycles. The maximum absolute atomic E-state index is 11.9. The van der Waals surface area contributed by atoms with Crippen LogP contribution in [-0.2, 0) is 20.8 Å². The number of nitrogen functional groups attached to an aromatic ring is 1. The van der Waals surface area contributed by atoms with Gasteiger partial charge in [0.1, 0.15) is 11.0 Å². The zero-order chi connectivity index (χ0) is 17.7. The third-order valence-electron chi connectivity index (χ3n) is 3.09. The van der Waals surface area contributed by atoms with Crippen LogP contribution >= 0.6 is 11.3 Å². The number of carbonyl (C=O) groups excluding carboxylic acids is 2. The van der Waals surface area contributed by atoms with E-state index in [0.717, 1.165) is 10.6 Å². The van der Waals surface area contributed by atoms with Gasteiger partial charge >= 0.3 is 5.97 Å². The number of carboxylic acids is 1. The zero-order valence-corrected chi connectivity index (χ0v) is 13.4. The van der Waals surface area contributed by atoms with Crippen LogP contribution in [0.1, 0.15) is 12.1 Å². The van der Waals surface area contributed by atoms with E-state index in [9.17, 15) is 14.4 Å². The topological polar surface area (TPSA) is 148 Å². The molecule has 24 heavy (non-hydrogen) atoms. The number of benzene rings is 1. The Bertz CT molecular complexity index is 757. The number of aliphatic carboxylic acids is 1. The van der Waals surface area contributed by atoms with Gasteiger partial charge in [-0.1, -0.05) is 0 Å². The minimum atomic E-state index is -1.34. The Morgan fingerprint density at radius 3 is 2.50 bits per heavy atom. The smallest absolute Gasteiger partial charge is 0.326 e. The summed E-state index contributed by atoms with van der Waals surface area (Å²) in [6.45, 7) is 0. The minimum Gasteiger partial charge on any atom is -0.480 e. The Balaban J connectivity index is 2.00. The van der Waals surface area contributed by atoms with Crippen molar-refractivity contribution in [2.75, 3.05) is 5.73 Å². The number of amides is 2. The van der Waals surface area contributed by atoms with Gasteiger partial charge in [-0.05, 0) is 24.3 Å². The second kappa shape index (κ2) is 7.55. The molecule has 0 fully saturated rings. The fraction of sp³-hybridized carbons (Fsp3) is 0.200. The fourth-order valence-electron chi connectivity index (χ4n) is 1.96. The molecule has 1 heterocycles. The number of carboxylic acid groups (broad SMARTS) is 1. The first kappa shape index (κ1) is 17.4. The lowest BCUT2D eigenvalue weighted by atomic mass is 10.2. The quantitative estimate of drug-likeness (QED) is 0.532. The largest absolute Gasteiger partial charge is 0.480 e. The summed E-state index contributed by atoms with van der Waals surface area (Å²) < 4.78 is 0. The number of hydrogen-bond donors (Lipinski definition) is 4. The molecule has 0 bridgehead atoms. The van der Waals surface area contributed by atoms with Crippen LogP contribution in [0.25, 0.3) is 10.6 Å². The normalized spacial score (nSPS) is 11.7. The molecular weight excluding hydrogens is 332 g/mol. The summed E-state index contributed by atoms with van der Waals surface area (Å²) in [4.78, 5) is 38.1. The van der Waals surface area contributed by atoms with Gasteiger partial charge in [-0.2, -0.15) is 0 Å². The number of anilines is 1. The van der Waals surface area contributed by atoms with Crippen LogP contribution in [0.15, 0.2) is 29.6 Å². The van der Waals surface area contributed by atoms with Gasteiger partial charge in [0.25, 0.3) is 0 Å². The maximum atomic E-state index is 11.9. The van der Waals surface area contributed by atoms with Gasteiger partial charge in [0.2, 0.25) is 11.8 Å². The van der Waals surface area contributed by atoms with Crippen LogP contribution in [-0.4, -0.2) is 33.9 Å². The third-order valence-corrected chi connectivity index (χ3v) is 4.03. The van der Waals surface area contributed by atoms with Crippen molar-refractivity contribution < 1.29 is 19.5 Å². The molecule has 0 aliphatic heterocycles. The lowest BCUT2D eigenvalue weighted by Gasteiger charge is -2.12. The number of primary amides is 1. The number of rotatable bonds is 7. The van der Waals surface area contributed by atoms with E-state index in [2.05, 4.69) is 10.3 Å². The van der Waals surface area contributed by atoms with Crippen molar-refractivity contribution in [1.29, 1.82) is 0 Å². The summed E-state index contributed by atoms with van der Waals surface area (Å²) in [6, 6.07) is 5.82.